The molecular weight excluding hydrogens is 266 g/mol. The van der Waals surface area contributed by atoms with E-state index in [1.165, 1.54) is 5.56 Å². The van der Waals surface area contributed by atoms with Gasteiger partial charge in [0.1, 0.15) is 0 Å². The van der Waals surface area contributed by atoms with Gasteiger partial charge in [-0.2, -0.15) is 0 Å². The monoisotopic (exact) mass is 283 g/mol. The van der Waals surface area contributed by atoms with E-state index in [1.54, 1.807) is 0 Å². The van der Waals surface area contributed by atoms with Gasteiger partial charge in [-0.1, -0.05) is 28.1 Å². The fraction of sp³-hybridized carbons (Fsp3) is 0.538. The van der Waals surface area contributed by atoms with Gasteiger partial charge in [0.2, 0.25) is 0 Å². The quantitative estimate of drug-likeness (QED) is 0.846. The van der Waals surface area contributed by atoms with Crippen molar-refractivity contribution in [2.45, 2.75) is 32.0 Å². The van der Waals surface area contributed by atoms with Crippen molar-refractivity contribution in [3.63, 3.8) is 0 Å². The lowest BCUT2D eigenvalue weighted by Gasteiger charge is -2.26. The molecular formula is C13H18BrNO. The lowest BCUT2D eigenvalue weighted by atomic mass is 10.1. The van der Waals surface area contributed by atoms with Crippen LogP contribution in [0.25, 0.3) is 0 Å². The van der Waals surface area contributed by atoms with Crippen molar-refractivity contribution in [2.75, 3.05) is 13.7 Å². The van der Waals surface area contributed by atoms with Gasteiger partial charge in [-0.25, -0.2) is 0 Å². The Morgan fingerprint density at radius 2 is 2.31 bits per heavy atom. The number of likely N-dealkylation sites (N-methyl/N-ethyl adjacent to an activating group) is 1. The van der Waals surface area contributed by atoms with E-state index >= 15 is 0 Å². The molecule has 1 fully saturated rings. The first-order valence-electron chi connectivity index (χ1n) is 5.73. The van der Waals surface area contributed by atoms with Crippen LogP contribution >= 0.6 is 15.9 Å². The minimum Gasteiger partial charge on any atom is -0.377 e. The van der Waals surface area contributed by atoms with Crippen LogP contribution in [0, 0.1) is 0 Å². The SMILES string of the molecule is CC1OCCC1N(C)Cc1cccc(Br)c1. The molecule has 2 rings (SSSR count). The molecule has 16 heavy (non-hydrogen) atoms. The zero-order valence-electron chi connectivity index (χ0n) is 9.82. The molecule has 1 heterocycles. The first kappa shape index (κ1) is 12.1. The fourth-order valence-corrected chi connectivity index (χ4v) is 2.79. The number of ether oxygens (including phenoxy) is 1. The first-order chi connectivity index (χ1) is 7.66. The van der Waals surface area contributed by atoms with Gasteiger partial charge < -0.3 is 4.74 Å². The Morgan fingerprint density at radius 1 is 1.50 bits per heavy atom. The zero-order valence-corrected chi connectivity index (χ0v) is 11.4. The number of hydrogen-bond donors (Lipinski definition) is 0. The molecule has 0 N–H and O–H groups in total. The van der Waals surface area contributed by atoms with E-state index in [2.05, 4.69) is 59.1 Å². The maximum Gasteiger partial charge on any atom is 0.0703 e. The minimum absolute atomic E-state index is 0.358. The van der Waals surface area contributed by atoms with Crippen molar-refractivity contribution in [3.05, 3.63) is 34.3 Å². The number of nitrogens with zero attached hydrogens (tertiary/aromatic N) is 1. The van der Waals surface area contributed by atoms with Gasteiger partial charge in [-0.15, -0.1) is 0 Å². The Balaban J connectivity index is 1.99. The van der Waals surface area contributed by atoms with E-state index in [0.29, 0.717) is 12.1 Å². The molecule has 88 valence electrons. The van der Waals surface area contributed by atoms with Gasteiger partial charge in [0.05, 0.1) is 6.10 Å². The summed E-state index contributed by atoms with van der Waals surface area (Å²) in [6.07, 6.45) is 1.50. The number of halogens is 1. The molecule has 2 nitrogen and oxygen atoms in total. The molecule has 0 aromatic heterocycles. The summed E-state index contributed by atoms with van der Waals surface area (Å²) in [6.45, 7) is 4.04. The standard InChI is InChI=1S/C13H18BrNO/c1-10-13(6-7-16-10)15(2)9-11-4-3-5-12(14)8-11/h3-5,8,10,13H,6-7,9H2,1-2H3. The normalized spacial score (nSPS) is 25.2. The van der Waals surface area contributed by atoms with Gasteiger partial charge in [0.25, 0.3) is 0 Å². The number of rotatable bonds is 3. The summed E-state index contributed by atoms with van der Waals surface area (Å²) in [5.41, 5.74) is 1.34. The van der Waals surface area contributed by atoms with Crippen LogP contribution < -0.4 is 0 Å². The van der Waals surface area contributed by atoms with E-state index < -0.39 is 0 Å². The molecule has 0 saturated carbocycles. The summed E-state index contributed by atoms with van der Waals surface area (Å²) in [5.74, 6) is 0. The Hall–Kier alpha value is -0.380. The van der Waals surface area contributed by atoms with Crippen LogP contribution in [0.15, 0.2) is 28.7 Å². The topological polar surface area (TPSA) is 12.5 Å². The van der Waals surface area contributed by atoms with Crippen LogP contribution in [-0.4, -0.2) is 30.7 Å². The summed E-state index contributed by atoms with van der Waals surface area (Å²) >= 11 is 3.50. The molecule has 1 aliphatic rings. The Labute approximate surface area is 106 Å². The molecule has 1 saturated heterocycles. The van der Waals surface area contributed by atoms with E-state index in [4.69, 9.17) is 4.74 Å². The molecule has 2 atom stereocenters. The Bertz CT molecular complexity index is 356. The zero-order chi connectivity index (χ0) is 11.5. The molecule has 1 aromatic rings. The van der Waals surface area contributed by atoms with Crippen LogP contribution in [0.2, 0.25) is 0 Å². The summed E-state index contributed by atoms with van der Waals surface area (Å²) in [7, 11) is 2.18. The second-order valence-corrected chi connectivity index (χ2v) is 5.39. The smallest absolute Gasteiger partial charge is 0.0703 e. The molecule has 0 amide bonds. The van der Waals surface area contributed by atoms with Crippen LogP contribution in [0.1, 0.15) is 18.9 Å². The molecule has 0 spiro atoms. The number of hydrogen-bond acceptors (Lipinski definition) is 2. The Kier molecular flexibility index (Phi) is 4.00. The average molecular weight is 284 g/mol. The lowest BCUT2D eigenvalue weighted by Crippen LogP contribution is -2.36. The van der Waals surface area contributed by atoms with Gasteiger partial charge in [0, 0.05) is 23.7 Å². The minimum atomic E-state index is 0.358. The van der Waals surface area contributed by atoms with E-state index in [9.17, 15) is 0 Å². The van der Waals surface area contributed by atoms with Crippen molar-refractivity contribution in [3.8, 4) is 0 Å². The molecule has 0 bridgehead atoms. The highest BCUT2D eigenvalue weighted by atomic mass is 79.9. The van der Waals surface area contributed by atoms with Crippen molar-refractivity contribution in [1.82, 2.24) is 4.90 Å². The lowest BCUT2D eigenvalue weighted by molar-refractivity contribution is 0.0814. The molecule has 2 unspecified atom stereocenters. The second-order valence-electron chi connectivity index (χ2n) is 4.48. The van der Waals surface area contributed by atoms with Gasteiger partial charge in [-0.05, 0) is 38.1 Å². The second kappa shape index (κ2) is 5.30. The molecule has 0 radical (unpaired) electrons. The summed E-state index contributed by atoms with van der Waals surface area (Å²) in [5, 5.41) is 0. The van der Waals surface area contributed by atoms with Crippen LogP contribution in [-0.2, 0) is 11.3 Å². The highest BCUT2D eigenvalue weighted by Crippen LogP contribution is 2.21. The summed E-state index contributed by atoms with van der Waals surface area (Å²) < 4.78 is 6.74. The van der Waals surface area contributed by atoms with E-state index in [0.717, 1.165) is 24.0 Å². The molecule has 1 aromatic carbocycles. The van der Waals surface area contributed by atoms with Crippen LogP contribution in [0.4, 0.5) is 0 Å². The number of benzene rings is 1. The summed E-state index contributed by atoms with van der Waals surface area (Å²) in [6, 6.07) is 9.05. The maximum atomic E-state index is 5.60. The van der Waals surface area contributed by atoms with Gasteiger partial charge in [-0.3, -0.25) is 4.90 Å². The average Bonchev–Trinajstić information content (AvgIpc) is 2.64. The van der Waals surface area contributed by atoms with Crippen molar-refractivity contribution < 1.29 is 4.74 Å². The third-order valence-electron chi connectivity index (χ3n) is 3.22. The third-order valence-corrected chi connectivity index (χ3v) is 3.72. The Morgan fingerprint density at radius 3 is 2.94 bits per heavy atom. The third kappa shape index (κ3) is 2.84. The molecule has 1 aliphatic heterocycles. The van der Waals surface area contributed by atoms with E-state index in [1.807, 2.05) is 0 Å². The van der Waals surface area contributed by atoms with Crippen LogP contribution in [0.3, 0.4) is 0 Å². The van der Waals surface area contributed by atoms with Gasteiger partial charge in [0.15, 0.2) is 0 Å². The summed E-state index contributed by atoms with van der Waals surface area (Å²) in [4.78, 5) is 2.39. The molecule has 3 heteroatoms. The largest absolute Gasteiger partial charge is 0.377 e. The predicted molar refractivity (Wildman–Crippen MR) is 69.4 cm³/mol. The maximum absolute atomic E-state index is 5.60. The highest BCUT2D eigenvalue weighted by molar-refractivity contribution is 9.10. The van der Waals surface area contributed by atoms with E-state index in [-0.39, 0.29) is 0 Å². The molecule has 0 aliphatic carbocycles. The predicted octanol–water partition coefficient (Wildman–Crippen LogP) is 3.06. The first-order valence-corrected chi connectivity index (χ1v) is 6.52. The van der Waals surface area contributed by atoms with Crippen molar-refractivity contribution in [1.29, 1.82) is 0 Å². The highest BCUT2D eigenvalue weighted by Gasteiger charge is 2.27. The van der Waals surface area contributed by atoms with Crippen molar-refractivity contribution >= 4 is 15.9 Å². The van der Waals surface area contributed by atoms with Gasteiger partial charge >= 0.3 is 0 Å². The fourth-order valence-electron chi connectivity index (χ4n) is 2.34. The van der Waals surface area contributed by atoms with Crippen LogP contribution in [0.5, 0.6) is 0 Å². The van der Waals surface area contributed by atoms with Crippen molar-refractivity contribution in [2.24, 2.45) is 0 Å².